The minimum atomic E-state index is -0.243. The Hall–Kier alpha value is -2.45. The fraction of sp³-hybridized carbons (Fsp3) is 0.211. The van der Waals surface area contributed by atoms with Gasteiger partial charge in [-0.2, -0.15) is 0 Å². The molecule has 3 aromatic rings. The molecule has 0 aliphatic carbocycles. The molecule has 0 unspecified atom stereocenters. The van der Waals surface area contributed by atoms with Gasteiger partial charge in [0, 0.05) is 32.0 Å². The number of nitrogens with one attached hydrogen (secondary N) is 1. The molecule has 0 atom stereocenters. The van der Waals surface area contributed by atoms with Crippen molar-refractivity contribution in [1.82, 2.24) is 15.1 Å². The second-order valence-electron chi connectivity index (χ2n) is 6.04. The topological polar surface area (TPSA) is 58.1 Å². The first kappa shape index (κ1) is 19.3. The minimum Gasteiger partial charge on any atom is -0.356 e. The molecule has 5 nitrogen and oxygen atoms in total. The van der Waals surface area contributed by atoms with Crippen LogP contribution in [0.3, 0.4) is 0 Å². The van der Waals surface area contributed by atoms with Crippen molar-refractivity contribution in [3.8, 4) is 0 Å². The molecule has 0 saturated heterocycles. The van der Waals surface area contributed by atoms with Gasteiger partial charge in [0.25, 0.3) is 5.91 Å². The average molecular weight is 403 g/mol. The number of thioether (sulfide) groups is 1. The van der Waals surface area contributed by atoms with Crippen LogP contribution in [0.25, 0.3) is 0 Å². The summed E-state index contributed by atoms with van der Waals surface area (Å²) >= 11 is 3.08. The maximum absolute atomic E-state index is 12.9. The van der Waals surface area contributed by atoms with Crippen LogP contribution in [0.5, 0.6) is 0 Å². The number of anilines is 1. The highest BCUT2D eigenvalue weighted by Crippen LogP contribution is 2.28. The van der Waals surface area contributed by atoms with E-state index in [4.69, 9.17) is 0 Å². The molecule has 0 bridgehead atoms. The summed E-state index contributed by atoms with van der Waals surface area (Å²) in [6.07, 6.45) is 0. The van der Waals surface area contributed by atoms with Crippen LogP contribution in [-0.4, -0.2) is 35.1 Å². The zero-order valence-corrected chi connectivity index (χ0v) is 16.6. The number of halogens is 1. The standard InChI is InChI=1S/C19H19FN4OS2/c1-24(2)17(25)15-7-3-14(4-8-15)12-26-19-23-22-18(27-19)21-11-13-5-9-16(20)10-6-13/h3-10H,11-12H2,1-2H3,(H,21,22). The molecular weight excluding hydrogens is 383 g/mol. The highest BCUT2D eigenvalue weighted by atomic mass is 32.2. The number of carbonyl (C=O) groups is 1. The monoisotopic (exact) mass is 402 g/mol. The summed E-state index contributed by atoms with van der Waals surface area (Å²) in [4.78, 5) is 13.5. The normalized spacial score (nSPS) is 10.6. The Morgan fingerprint density at radius 3 is 2.41 bits per heavy atom. The zero-order chi connectivity index (χ0) is 19.2. The van der Waals surface area contributed by atoms with Crippen LogP contribution in [0.1, 0.15) is 21.5 Å². The molecule has 0 saturated carbocycles. The third-order valence-electron chi connectivity index (χ3n) is 3.73. The van der Waals surface area contributed by atoms with Gasteiger partial charge in [-0.15, -0.1) is 10.2 Å². The lowest BCUT2D eigenvalue weighted by Crippen LogP contribution is -2.21. The van der Waals surface area contributed by atoms with E-state index in [1.54, 1.807) is 42.9 Å². The number of aromatic nitrogens is 2. The number of benzene rings is 2. The number of nitrogens with zero attached hydrogens (tertiary/aromatic N) is 3. The highest BCUT2D eigenvalue weighted by Gasteiger charge is 2.08. The molecule has 2 aromatic carbocycles. The molecule has 0 aliphatic rings. The van der Waals surface area contributed by atoms with E-state index < -0.39 is 0 Å². The quantitative estimate of drug-likeness (QED) is 0.598. The van der Waals surface area contributed by atoms with Gasteiger partial charge in [-0.05, 0) is 35.4 Å². The van der Waals surface area contributed by atoms with Gasteiger partial charge in [-0.3, -0.25) is 4.79 Å². The summed E-state index contributed by atoms with van der Waals surface area (Å²) in [5, 5.41) is 12.2. The van der Waals surface area contributed by atoms with E-state index in [0.717, 1.165) is 26.4 Å². The lowest BCUT2D eigenvalue weighted by atomic mass is 10.1. The number of rotatable bonds is 7. The van der Waals surface area contributed by atoms with E-state index in [1.807, 2.05) is 24.3 Å². The molecule has 1 heterocycles. The van der Waals surface area contributed by atoms with Gasteiger partial charge in [0.15, 0.2) is 4.34 Å². The molecular formula is C19H19FN4OS2. The Kier molecular flexibility index (Phi) is 6.41. The van der Waals surface area contributed by atoms with Gasteiger partial charge in [0.1, 0.15) is 5.82 Å². The third kappa shape index (κ3) is 5.51. The summed E-state index contributed by atoms with van der Waals surface area (Å²) in [5.74, 6) is 0.505. The number of carbonyl (C=O) groups excluding carboxylic acids is 1. The van der Waals surface area contributed by atoms with E-state index in [1.165, 1.54) is 23.5 Å². The number of hydrogen-bond acceptors (Lipinski definition) is 6. The summed E-state index contributed by atoms with van der Waals surface area (Å²) in [7, 11) is 3.48. The van der Waals surface area contributed by atoms with Crippen LogP contribution in [0.15, 0.2) is 52.9 Å². The third-order valence-corrected chi connectivity index (χ3v) is 5.82. The van der Waals surface area contributed by atoms with E-state index >= 15 is 0 Å². The van der Waals surface area contributed by atoms with Crippen molar-refractivity contribution in [2.24, 2.45) is 0 Å². The highest BCUT2D eigenvalue weighted by molar-refractivity contribution is 8.00. The summed E-state index contributed by atoms with van der Waals surface area (Å²) in [6.45, 7) is 0.570. The first-order valence-corrected chi connectivity index (χ1v) is 10.1. The summed E-state index contributed by atoms with van der Waals surface area (Å²) in [6, 6.07) is 14.0. The molecule has 3 rings (SSSR count). The Morgan fingerprint density at radius 1 is 1.07 bits per heavy atom. The maximum Gasteiger partial charge on any atom is 0.253 e. The van der Waals surface area contributed by atoms with Crippen LogP contribution in [0, 0.1) is 5.82 Å². The van der Waals surface area contributed by atoms with Gasteiger partial charge < -0.3 is 10.2 Å². The molecule has 1 N–H and O–H groups in total. The minimum absolute atomic E-state index is 0.00445. The smallest absolute Gasteiger partial charge is 0.253 e. The Morgan fingerprint density at radius 2 is 1.74 bits per heavy atom. The Balaban J connectivity index is 1.50. The van der Waals surface area contributed by atoms with E-state index in [0.29, 0.717) is 12.1 Å². The average Bonchev–Trinajstić information content (AvgIpc) is 3.13. The van der Waals surface area contributed by atoms with Crippen molar-refractivity contribution in [3.05, 3.63) is 71.0 Å². The van der Waals surface area contributed by atoms with E-state index in [9.17, 15) is 9.18 Å². The zero-order valence-electron chi connectivity index (χ0n) is 15.0. The first-order chi connectivity index (χ1) is 13.0. The van der Waals surface area contributed by atoms with Gasteiger partial charge in [-0.25, -0.2) is 4.39 Å². The fourth-order valence-electron chi connectivity index (χ4n) is 2.27. The van der Waals surface area contributed by atoms with Crippen LogP contribution in [0.2, 0.25) is 0 Å². The molecule has 0 fully saturated rings. The second kappa shape index (κ2) is 8.96. The molecule has 0 radical (unpaired) electrons. The van der Waals surface area contributed by atoms with Crippen molar-refractivity contribution in [1.29, 1.82) is 0 Å². The SMILES string of the molecule is CN(C)C(=O)c1ccc(CSc2nnc(NCc3ccc(F)cc3)s2)cc1. The summed E-state index contributed by atoms with van der Waals surface area (Å²) in [5.41, 5.74) is 2.77. The number of hydrogen-bond donors (Lipinski definition) is 1. The van der Waals surface area contributed by atoms with Gasteiger partial charge in [0.2, 0.25) is 5.13 Å². The predicted molar refractivity (Wildman–Crippen MR) is 108 cm³/mol. The lowest BCUT2D eigenvalue weighted by Gasteiger charge is -2.10. The van der Waals surface area contributed by atoms with Crippen LogP contribution < -0.4 is 5.32 Å². The lowest BCUT2D eigenvalue weighted by molar-refractivity contribution is 0.0827. The maximum atomic E-state index is 12.9. The molecule has 140 valence electrons. The first-order valence-electron chi connectivity index (χ1n) is 8.26. The second-order valence-corrected chi connectivity index (χ2v) is 8.24. The van der Waals surface area contributed by atoms with Gasteiger partial charge >= 0.3 is 0 Å². The molecule has 0 spiro atoms. The van der Waals surface area contributed by atoms with Gasteiger partial charge in [-0.1, -0.05) is 47.4 Å². The largest absolute Gasteiger partial charge is 0.356 e. The molecule has 0 aliphatic heterocycles. The van der Waals surface area contributed by atoms with Crippen LogP contribution >= 0.6 is 23.1 Å². The molecule has 8 heteroatoms. The van der Waals surface area contributed by atoms with Crippen molar-refractivity contribution < 1.29 is 9.18 Å². The summed E-state index contributed by atoms with van der Waals surface area (Å²) < 4.78 is 13.8. The molecule has 1 amide bonds. The van der Waals surface area contributed by atoms with Crippen LogP contribution in [-0.2, 0) is 12.3 Å². The van der Waals surface area contributed by atoms with Crippen molar-refractivity contribution >= 4 is 34.1 Å². The molecule has 27 heavy (non-hydrogen) atoms. The van der Waals surface area contributed by atoms with E-state index in [-0.39, 0.29) is 11.7 Å². The predicted octanol–water partition coefficient (Wildman–Crippen LogP) is 4.28. The van der Waals surface area contributed by atoms with Crippen molar-refractivity contribution in [2.45, 2.75) is 16.6 Å². The molecule has 1 aromatic heterocycles. The van der Waals surface area contributed by atoms with Gasteiger partial charge in [0.05, 0.1) is 0 Å². The van der Waals surface area contributed by atoms with Crippen LogP contribution in [0.4, 0.5) is 9.52 Å². The Bertz CT molecular complexity index is 895. The van der Waals surface area contributed by atoms with Crippen molar-refractivity contribution in [2.75, 3.05) is 19.4 Å². The van der Waals surface area contributed by atoms with Crippen molar-refractivity contribution in [3.63, 3.8) is 0 Å². The fourth-order valence-corrected chi connectivity index (χ4v) is 3.97. The Labute approximate surface area is 165 Å². The number of amides is 1. The van der Waals surface area contributed by atoms with E-state index in [2.05, 4.69) is 15.5 Å².